The van der Waals surface area contributed by atoms with Gasteiger partial charge in [0.05, 0.1) is 0 Å². The molecule has 0 aliphatic carbocycles. The van der Waals surface area contributed by atoms with E-state index in [1.165, 1.54) is 5.56 Å². The van der Waals surface area contributed by atoms with Crippen molar-refractivity contribution in [3.8, 4) is 0 Å². The fourth-order valence-electron chi connectivity index (χ4n) is 3.39. The van der Waals surface area contributed by atoms with Crippen LogP contribution in [0.1, 0.15) is 44.7 Å². The van der Waals surface area contributed by atoms with Crippen molar-refractivity contribution in [2.45, 2.75) is 52.0 Å². The van der Waals surface area contributed by atoms with Crippen LogP contribution in [0.25, 0.3) is 0 Å². The van der Waals surface area contributed by atoms with Gasteiger partial charge in [0.1, 0.15) is 6.04 Å². The van der Waals surface area contributed by atoms with Crippen LogP contribution in [0, 0.1) is 6.92 Å². The number of benzene rings is 2. The fourth-order valence-corrected chi connectivity index (χ4v) is 3.39. The summed E-state index contributed by atoms with van der Waals surface area (Å²) in [6, 6.07) is 14.9. The molecule has 148 valence electrons. The average Bonchev–Trinajstić information content (AvgIpc) is 3.13. The molecule has 1 saturated heterocycles. The number of aryl methyl sites for hydroxylation is 1. The van der Waals surface area contributed by atoms with Crippen molar-refractivity contribution in [3.63, 3.8) is 0 Å². The molecule has 3 rings (SSSR count). The van der Waals surface area contributed by atoms with Gasteiger partial charge in [-0.2, -0.15) is 0 Å². The Bertz CT molecular complexity index is 836. The van der Waals surface area contributed by atoms with Crippen molar-refractivity contribution in [3.05, 3.63) is 59.7 Å². The third-order valence-electron chi connectivity index (χ3n) is 5.14. The van der Waals surface area contributed by atoms with Crippen LogP contribution < -0.4 is 10.6 Å². The first-order chi connectivity index (χ1) is 13.2. The summed E-state index contributed by atoms with van der Waals surface area (Å²) in [5.41, 5.74) is 3.90. The zero-order valence-electron chi connectivity index (χ0n) is 17.1. The predicted octanol–water partition coefficient (Wildman–Crippen LogP) is 4.93. The highest BCUT2D eigenvalue weighted by atomic mass is 16.2. The Hall–Kier alpha value is -2.82. The van der Waals surface area contributed by atoms with E-state index in [0.29, 0.717) is 13.0 Å². The van der Waals surface area contributed by atoms with E-state index in [1.807, 2.05) is 55.5 Å². The number of urea groups is 1. The number of nitrogens with zero attached hydrogens (tertiary/aromatic N) is 1. The summed E-state index contributed by atoms with van der Waals surface area (Å²) in [5.74, 6) is -0.139. The molecule has 1 aliphatic heterocycles. The van der Waals surface area contributed by atoms with Gasteiger partial charge in [0.2, 0.25) is 5.91 Å². The molecule has 2 aromatic rings. The molecule has 0 unspecified atom stereocenters. The fraction of sp³-hybridized carbons (Fsp3) is 0.391. The van der Waals surface area contributed by atoms with E-state index in [0.717, 1.165) is 23.4 Å². The van der Waals surface area contributed by atoms with Crippen LogP contribution in [0.5, 0.6) is 0 Å². The summed E-state index contributed by atoms with van der Waals surface area (Å²) in [7, 11) is 0. The second kappa shape index (κ2) is 8.05. The van der Waals surface area contributed by atoms with Crippen LogP contribution in [0.15, 0.2) is 48.5 Å². The quantitative estimate of drug-likeness (QED) is 0.794. The number of nitrogens with one attached hydrogen (secondary N) is 2. The number of rotatable bonds is 3. The lowest BCUT2D eigenvalue weighted by Gasteiger charge is -2.24. The maximum Gasteiger partial charge on any atom is 0.322 e. The minimum absolute atomic E-state index is 0.0683. The highest BCUT2D eigenvalue weighted by Gasteiger charge is 2.34. The summed E-state index contributed by atoms with van der Waals surface area (Å²) in [6.07, 6.45) is 1.50. The third-order valence-corrected chi connectivity index (χ3v) is 5.14. The Morgan fingerprint density at radius 1 is 0.929 bits per heavy atom. The average molecular weight is 380 g/mol. The maximum atomic E-state index is 12.8. The zero-order chi connectivity index (χ0) is 20.3. The number of carbonyl (C=O) groups is 2. The molecule has 0 spiro atoms. The van der Waals surface area contributed by atoms with Crippen LogP contribution in [-0.2, 0) is 10.2 Å². The summed E-state index contributed by atoms with van der Waals surface area (Å²) < 4.78 is 0. The lowest BCUT2D eigenvalue weighted by Crippen LogP contribution is -2.45. The van der Waals surface area contributed by atoms with Gasteiger partial charge in [-0.1, -0.05) is 50.6 Å². The van der Waals surface area contributed by atoms with Crippen molar-refractivity contribution in [1.82, 2.24) is 4.90 Å². The van der Waals surface area contributed by atoms with Gasteiger partial charge in [-0.3, -0.25) is 4.79 Å². The summed E-state index contributed by atoms with van der Waals surface area (Å²) in [4.78, 5) is 27.1. The molecule has 2 aromatic carbocycles. The molecule has 28 heavy (non-hydrogen) atoms. The summed E-state index contributed by atoms with van der Waals surface area (Å²) in [6.45, 7) is 9.05. The maximum absolute atomic E-state index is 12.8. The molecule has 5 nitrogen and oxygen atoms in total. The lowest BCUT2D eigenvalue weighted by molar-refractivity contribution is -0.119. The van der Waals surface area contributed by atoms with E-state index in [-0.39, 0.29) is 17.4 Å². The number of anilines is 2. The minimum atomic E-state index is -0.451. The van der Waals surface area contributed by atoms with Gasteiger partial charge in [-0.25, -0.2) is 4.79 Å². The molecular formula is C23H29N3O2. The Morgan fingerprint density at radius 3 is 2.11 bits per heavy atom. The van der Waals surface area contributed by atoms with Gasteiger partial charge in [0.25, 0.3) is 0 Å². The van der Waals surface area contributed by atoms with E-state index in [2.05, 4.69) is 31.4 Å². The molecule has 5 heteroatoms. The SMILES string of the molecule is Cc1ccc(NC(=O)N2CCC[C@@H]2C(=O)Nc2ccc(C(C)(C)C)cc2)cc1. The molecule has 1 heterocycles. The van der Waals surface area contributed by atoms with Gasteiger partial charge < -0.3 is 15.5 Å². The number of amides is 3. The second-order valence-electron chi connectivity index (χ2n) is 8.46. The van der Waals surface area contributed by atoms with E-state index in [9.17, 15) is 9.59 Å². The molecule has 2 N–H and O–H groups in total. The number of carbonyl (C=O) groups excluding carboxylic acids is 2. The van der Waals surface area contributed by atoms with Crippen molar-refractivity contribution >= 4 is 23.3 Å². The summed E-state index contributed by atoms with van der Waals surface area (Å²) >= 11 is 0. The van der Waals surface area contributed by atoms with E-state index in [4.69, 9.17) is 0 Å². The smallest absolute Gasteiger partial charge is 0.322 e. The predicted molar refractivity (Wildman–Crippen MR) is 114 cm³/mol. The standard InChI is InChI=1S/C23H29N3O2/c1-16-7-11-19(12-8-16)25-22(28)26-15-5-6-20(26)21(27)24-18-13-9-17(10-14-18)23(2,3)4/h7-14,20H,5-6,15H2,1-4H3,(H,24,27)(H,25,28)/t20-/m1/s1. The van der Waals surface area contributed by atoms with Crippen LogP contribution >= 0.6 is 0 Å². The first-order valence-corrected chi connectivity index (χ1v) is 9.80. The van der Waals surface area contributed by atoms with Gasteiger partial charge in [-0.15, -0.1) is 0 Å². The van der Waals surface area contributed by atoms with Crippen LogP contribution in [0.4, 0.5) is 16.2 Å². The van der Waals surface area contributed by atoms with Gasteiger partial charge >= 0.3 is 6.03 Å². The second-order valence-corrected chi connectivity index (χ2v) is 8.46. The van der Waals surface area contributed by atoms with E-state index >= 15 is 0 Å². The molecule has 0 saturated carbocycles. The first kappa shape index (κ1) is 19.9. The van der Waals surface area contributed by atoms with Crippen molar-refractivity contribution in [2.24, 2.45) is 0 Å². The Balaban J connectivity index is 1.64. The van der Waals surface area contributed by atoms with Gasteiger partial charge in [0.15, 0.2) is 0 Å². The van der Waals surface area contributed by atoms with Crippen LogP contribution in [0.3, 0.4) is 0 Å². The Labute approximate surface area is 167 Å². The van der Waals surface area contributed by atoms with E-state index < -0.39 is 6.04 Å². The molecule has 3 amide bonds. The number of hydrogen-bond acceptors (Lipinski definition) is 2. The zero-order valence-corrected chi connectivity index (χ0v) is 17.1. The molecule has 0 aromatic heterocycles. The van der Waals surface area contributed by atoms with E-state index in [1.54, 1.807) is 4.90 Å². The number of likely N-dealkylation sites (tertiary alicyclic amines) is 1. The molecule has 0 bridgehead atoms. The van der Waals surface area contributed by atoms with Crippen molar-refractivity contribution < 1.29 is 9.59 Å². The topological polar surface area (TPSA) is 61.4 Å². The van der Waals surface area contributed by atoms with Crippen molar-refractivity contribution in [2.75, 3.05) is 17.2 Å². The van der Waals surface area contributed by atoms with Gasteiger partial charge in [-0.05, 0) is 55.0 Å². The highest BCUT2D eigenvalue weighted by molar-refractivity contribution is 5.99. The molecule has 1 fully saturated rings. The normalized spacial score (nSPS) is 16.7. The molecule has 0 radical (unpaired) electrons. The third kappa shape index (κ3) is 4.71. The Kier molecular flexibility index (Phi) is 5.73. The monoisotopic (exact) mass is 379 g/mol. The minimum Gasteiger partial charge on any atom is -0.324 e. The number of hydrogen-bond donors (Lipinski definition) is 2. The Morgan fingerprint density at radius 2 is 1.50 bits per heavy atom. The largest absolute Gasteiger partial charge is 0.324 e. The molecular weight excluding hydrogens is 350 g/mol. The lowest BCUT2D eigenvalue weighted by atomic mass is 9.87. The molecule has 1 aliphatic rings. The molecule has 1 atom stereocenters. The van der Waals surface area contributed by atoms with Gasteiger partial charge in [0, 0.05) is 17.9 Å². The van der Waals surface area contributed by atoms with Crippen LogP contribution in [-0.4, -0.2) is 29.4 Å². The summed E-state index contributed by atoms with van der Waals surface area (Å²) in [5, 5.41) is 5.85. The van der Waals surface area contributed by atoms with Crippen LogP contribution in [0.2, 0.25) is 0 Å². The van der Waals surface area contributed by atoms with Crippen molar-refractivity contribution in [1.29, 1.82) is 0 Å². The highest BCUT2D eigenvalue weighted by Crippen LogP contribution is 2.25. The first-order valence-electron chi connectivity index (χ1n) is 9.80.